The SMILES string of the molecule is CCC(C)NC(CN)c1ccc(OC)c(C)c1. The molecule has 0 fully saturated rings. The van der Waals surface area contributed by atoms with Crippen LogP contribution in [0.2, 0.25) is 0 Å². The van der Waals surface area contributed by atoms with Crippen molar-refractivity contribution in [1.82, 2.24) is 5.32 Å². The van der Waals surface area contributed by atoms with Gasteiger partial charge < -0.3 is 15.8 Å². The van der Waals surface area contributed by atoms with E-state index >= 15 is 0 Å². The molecule has 3 nitrogen and oxygen atoms in total. The summed E-state index contributed by atoms with van der Waals surface area (Å²) in [6, 6.07) is 6.93. The zero-order valence-corrected chi connectivity index (χ0v) is 11.3. The van der Waals surface area contributed by atoms with Crippen LogP contribution < -0.4 is 15.8 Å². The van der Waals surface area contributed by atoms with E-state index in [4.69, 9.17) is 10.5 Å². The topological polar surface area (TPSA) is 47.3 Å². The van der Waals surface area contributed by atoms with Crippen LogP contribution >= 0.6 is 0 Å². The molecule has 0 aliphatic rings. The molecule has 0 aliphatic carbocycles. The number of hydrogen-bond donors (Lipinski definition) is 2. The maximum atomic E-state index is 5.83. The van der Waals surface area contributed by atoms with E-state index < -0.39 is 0 Å². The van der Waals surface area contributed by atoms with Gasteiger partial charge in [0, 0.05) is 18.6 Å². The van der Waals surface area contributed by atoms with Crippen LogP contribution in [0, 0.1) is 6.92 Å². The Bertz CT molecular complexity index is 352. The van der Waals surface area contributed by atoms with Gasteiger partial charge in [-0.15, -0.1) is 0 Å². The average Bonchev–Trinajstić information content (AvgIpc) is 2.35. The van der Waals surface area contributed by atoms with Crippen molar-refractivity contribution < 1.29 is 4.74 Å². The van der Waals surface area contributed by atoms with Crippen LogP contribution in [0.5, 0.6) is 5.75 Å². The first-order valence-corrected chi connectivity index (χ1v) is 6.23. The lowest BCUT2D eigenvalue weighted by Gasteiger charge is -2.22. The standard InChI is InChI=1S/C14H24N2O/c1-5-11(3)16-13(9-15)12-6-7-14(17-4)10(2)8-12/h6-8,11,13,16H,5,9,15H2,1-4H3. The molecular formula is C14H24N2O. The van der Waals surface area contributed by atoms with Crippen LogP contribution in [-0.4, -0.2) is 19.7 Å². The third kappa shape index (κ3) is 3.72. The van der Waals surface area contributed by atoms with Crippen LogP contribution in [0.4, 0.5) is 0 Å². The van der Waals surface area contributed by atoms with Crippen LogP contribution in [0.1, 0.15) is 37.4 Å². The first-order valence-electron chi connectivity index (χ1n) is 6.23. The molecule has 1 rings (SSSR count). The second kappa shape index (κ2) is 6.62. The fourth-order valence-corrected chi connectivity index (χ4v) is 1.88. The Balaban J connectivity index is 2.85. The van der Waals surface area contributed by atoms with Gasteiger partial charge in [-0.05, 0) is 37.5 Å². The van der Waals surface area contributed by atoms with Gasteiger partial charge in [-0.1, -0.05) is 19.1 Å². The van der Waals surface area contributed by atoms with Crippen molar-refractivity contribution in [1.29, 1.82) is 0 Å². The van der Waals surface area contributed by atoms with Crippen molar-refractivity contribution in [2.24, 2.45) is 5.73 Å². The van der Waals surface area contributed by atoms with Crippen molar-refractivity contribution in [2.45, 2.75) is 39.3 Å². The molecule has 0 bridgehead atoms. The lowest BCUT2D eigenvalue weighted by molar-refractivity contribution is 0.410. The Morgan fingerprint density at radius 1 is 1.41 bits per heavy atom. The monoisotopic (exact) mass is 236 g/mol. The Morgan fingerprint density at radius 2 is 2.12 bits per heavy atom. The van der Waals surface area contributed by atoms with E-state index in [1.54, 1.807) is 7.11 Å². The molecule has 0 heterocycles. The van der Waals surface area contributed by atoms with E-state index in [1.165, 1.54) is 5.56 Å². The maximum absolute atomic E-state index is 5.83. The number of nitrogens with two attached hydrogens (primary N) is 1. The van der Waals surface area contributed by atoms with Crippen molar-refractivity contribution in [3.63, 3.8) is 0 Å². The predicted octanol–water partition coefficient (Wildman–Crippen LogP) is 2.39. The summed E-state index contributed by atoms with van der Waals surface area (Å²) >= 11 is 0. The highest BCUT2D eigenvalue weighted by molar-refractivity contribution is 5.37. The summed E-state index contributed by atoms with van der Waals surface area (Å²) in [7, 11) is 1.69. The average molecular weight is 236 g/mol. The molecule has 1 aromatic carbocycles. The third-order valence-electron chi connectivity index (χ3n) is 3.16. The summed E-state index contributed by atoms with van der Waals surface area (Å²) < 4.78 is 5.26. The van der Waals surface area contributed by atoms with Crippen LogP contribution in [0.15, 0.2) is 18.2 Å². The van der Waals surface area contributed by atoms with Crippen LogP contribution in [-0.2, 0) is 0 Å². The maximum Gasteiger partial charge on any atom is 0.121 e. The van der Waals surface area contributed by atoms with Gasteiger partial charge in [0.2, 0.25) is 0 Å². The first-order chi connectivity index (χ1) is 8.12. The minimum Gasteiger partial charge on any atom is -0.496 e. The minimum atomic E-state index is 0.217. The molecule has 3 N–H and O–H groups in total. The molecule has 17 heavy (non-hydrogen) atoms. The van der Waals surface area contributed by atoms with E-state index in [0.29, 0.717) is 12.6 Å². The summed E-state index contributed by atoms with van der Waals surface area (Å²) in [6.45, 7) is 7.01. The van der Waals surface area contributed by atoms with Crippen molar-refractivity contribution in [3.05, 3.63) is 29.3 Å². The molecule has 0 amide bonds. The van der Waals surface area contributed by atoms with Gasteiger partial charge in [0.25, 0.3) is 0 Å². The molecule has 0 saturated carbocycles. The van der Waals surface area contributed by atoms with Gasteiger partial charge in [0.15, 0.2) is 0 Å². The van der Waals surface area contributed by atoms with Crippen LogP contribution in [0.3, 0.4) is 0 Å². The summed E-state index contributed by atoms with van der Waals surface area (Å²) in [6.07, 6.45) is 1.10. The van der Waals surface area contributed by atoms with Crippen LogP contribution in [0.25, 0.3) is 0 Å². The highest BCUT2D eigenvalue weighted by Gasteiger charge is 2.12. The number of aryl methyl sites for hydroxylation is 1. The molecule has 96 valence electrons. The Morgan fingerprint density at radius 3 is 2.59 bits per heavy atom. The number of hydrogen-bond acceptors (Lipinski definition) is 3. The van der Waals surface area contributed by atoms with E-state index in [9.17, 15) is 0 Å². The molecule has 1 aromatic rings. The fourth-order valence-electron chi connectivity index (χ4n) is 1.88. The number of ether oxygens (including phenoxy) is 1. The van der Waals surface area contributed by atoms with Gasteiger partial charge in [-0.3, -0.25) is 0 Å². The van der Waals surface area contributed by atoms with Gasteiger partial charge in [0.05, 0.1) is 7.11 Å². The number of methoxy groups -OCH3 is 1. The van der Waals surface area contributed by atoms with E-state index in [0.717, 1.165) is 17.7 Å². The number of rotatable bonds is 6. The highest BCUT2D eigenvalue weighted by atomic mass is 16.5. The summed E-state index contributed by atoms with van der Waals surface area (Å²) in [5.74, 6) is 0.924. The second-order valence-electron chi connectivity index (χ2n) is 4.49. The third-order valence-corrected chi connectivity index (χ3v) is 3.16. The van der Waals surface area contributed by atoms with Gasteiger partial charge in [-0.2, -0.15) is 0 Å². The number of benzene rings is 1. The van der Waals surface area contributed by atoms with Crippen molar-refractivity contribution in [3.8, 4) is 5.75 Å². The molecular weight excluding hydrogens is 212 g/mol. The lowest BCUT2D eigenvalue weighted by Crippen LogP contribution is -2.34. The molecule has 0 aromatic heterocycles. The summed E-state index contributed by atoms with van der Waals surface area (Å²) in [5.41, 5.74) is 8.21. The van der Waals surface area contributed by atoms with E-state index in [-0.39, 0.29) is 6.04 Å². The van der Waals surface area contributed by atoms with Gasteiger partial charge in [-0.25, -0.2) is 0 Å². The molecule has 0 aliphatic heterocycles. The largest absolute Gasteiger partial charge is 0.496 e. The molecule has 2 atom stereocenters. The van der Waals surface area contributed by atoms with Crippen molar-refractivity contribution >= 4 is 0 Å². The molecule has 0 radical (unpaired) electrons. The van der Waals surface area contributed by atoms with Crippen molar-refractivity contribution in [2.75, 3.05) is 13.7 Å². The fraction of sp³-hybridized carbons (Fsp3) is 0.571. The van der Waals surface area contributed by atoms with E-state index in [2.05, 4.69) is 38.2 Å². The van der Waals surface area contributed by atoms with Gasteiger partial charge in [0.1, 0.15) is 5.75 Å². The van der Waals surface area contributed by atoms with E-state index in [1.807, 2.05) is 6.07 Å². The molecule has 0 spiro atoms. The summed E-state index contributed by atoms with van der Waals surface area (Å²) in [5, 5.41) is 3.53. The quantitative estimate of drug-likeness (QED) is 0.797. The Hall–Kier alpha value is -1.06. The summed E-state index contributed by atoms with van der Waals surface area (Å²) in [4.78, 5) is 0. The number of nitrogens with one attached hydrogen (secondary N) is 1. The lowest BCUT2D eigenvalue weighted by atomic mass is 10.0. The smallest absolute Gasteiger partial charge is 0.121 e. The second-order valence-corrected chi connectivity index (χ2v) is 4.49. The minimum absolute atomic E-state index is 0.217. The highest BCUT2D eigenvalue weighted by Crippen LogP contribution is 2.22. The zero-order chi connectivity index (χ0) is 12.8. The molecule has 2 unspecified atom stereocenters. The van der Waals surface area contributed by atoms with Gasteiger partial charge >= 0.3 is 0 Å². The Kier molecular flexibility index (Phi) is 5.45. The first kappa shape index (κ1) is 14.0. The predicted molar refractivity (Wildman–Crippen MR) is 72.4 cm³/mol. The molecule has 0 saturated heterocycles. The Labute approximate surface area is 104 Å². The molecule has 3 heteroatoms. The normalized spacial score (nSPS) is 14.4. The zero-order valence-electron chi connectivity index (χ0n) is 11.3.